The van der Waals surface area contributed by atoms with E-state index in [1.54, 1.807) is 36.4 Å². The van der Waals surface area contributed by atoms with Crippen LogP contribution in [0.1, 0.15) is 16.9 Å². The quantitative estimate of drug-likeness (QED) is 0.790. The fraction of sp³-hybridized carbons (Fsp3) is 0.154. The molecule has 5 nitrogen and oxygen atoms in total. The van der Waals surface area contributed by atoms with Crippen LogP contribution in [0.4, 0.5) is 0 Å². The number of rotatable bonds is 6. The average Bonchev–Trinajstić information content (AvgIpc) is 2.89. The number of nitrogens with two attached hydrogens (primary N) is 1. The zero-order chi connectivity index (χ0) is 14.6. The fourth-order valence-electron chi connectivity index (χ4n) is 1.74. The van der Waals surface area contributed by atoms with E-state index in [0.717, 1.165) is 0 Å². The van der Waals surface area contributed by atoms with Gasteiger partial charge in [0, 0.05) is 5.56 Å². The second kappa shape index (κ2) is 6.17. The van der Waals surface area contributed by atoms with E-state index in [-0.39, 0.29) is 17.3 Å². The summed E-state index contributed by atoms with van der Waals surface area (Å²) in [4.78, 5) is 0.182. The predicted octanol–water partition coefficient (Wildman–Crippen LogP) is 1.53. The maximum absolute atomic E-state index is 12.0. The number of hydrogen-bond acceptors (Lipinski definition) is 4. The first-order valence-electron chi connectivity index (χ1n) is 5.85. The van der Waals surface area contributed by atoms with Gasteiger partial charge in [-0.1, -0.05) is 36.5 Å². The summed E-state index contributed by atoms with van der Waals surface area (Å²) in [6, 6.07) is 10.3. The van der Waals surface area contributed by atoms with Crippen LogP contribution in [0.5, 0.6) is 0 Å². The van der Waals surface area contributed by atoms with Gasteiger partial charge in [0.05, 0.1) is 18.6 Å². The summed E-state index contributed by atoms with van der Waals surface area (Å²) < 4.78 is 31.6. The Hall–Kier alpha value is -1.70. The second-order valence-corrected chi connectivity index (χ2v) is 6.43. The molecule has 0 saturated heterocycles. The van der Waals surface area contributed by atoms with E-state index in [1.807, 2.05) is 0 Å². The topological polar surface area (TPSA) is 85.3 Å². The highest BCUT2D eigenvalue weighted by molar-refractivity contribution is 7.88. The Morgan fingerprint density at radius 3 is 2.65 bits per heavy atom. The molecule has 2 aromatic rings. The zero-order valence-electron chi connectivity index (χ0n) is 10.6. The Kier molecular flexibility index (Phi) is 4.53. The smallest absolute Gasteiger partial charge is 0.216 e. The van der Waals surface area contributed by atoms with Crippen LogP contribution in [0.3, 0.4) is 0 Å². The monoisotopic (exact) mass is 310 g/mol. The van der Waals surface area contributed by atoms with Crippen LogP contribution in [0.25, 0.3) is 0 Å². The number of thiocarbonyl (C=S) groups is 1. The third-order valence-corrected chi connectivity index (χ3v) is 4.17. The van der Waals surface area contributed by atoms with E-state index in [2.05, 4.69) is 4.72 Å². The Labute approximate surface area is 122 Å². The number of sulfonamides is 1. The van der Waals surface area contributed by atoms with Crippen molar-refractivity contribution in [1.29, 1.82) is 0 Å². The van der Waals surface area contributed by atoms with Gasteiger partial charge in [0.25, 0.3) is 0 Å². The van der Waals surface area contributed by atoms with Crippen LogP contribution in [-0.2, 0) is 22.3 Å². The first-order chi connectivity index (χ1) is 9.48. The Balaban J connectivity index is 2.10. The molecule has 0 radical (unpaired) electrons. The summed E-state index contributed by atoms with van der Waals surface area (Å²) >= 11 is 4.92. The van der Waals surface area contributed by atoms with Gasteiger partial charge in [-0.15, -0.1) is 0 Å². The number of hydrogen-bond donors (Lipinski definition) is 2. The van der Waals surface area contributed by atoms with Crippen molar-refractivity contribution in [3.63, 3.8) is 0 Å². The lowest BCUT2D eigenvalue weighted by Crippen LogP contribution is -2.25. The van der Waals surface area contributed by atoms with Gasteiger partial charge in [0.15, 0.2) is 0 Å². The van der Waals surface area contributed by atoms with Gasteiger partial charge in [0.2, 0.25) is 10.0 Å². The Bertz CT molecular complexity index is 694. The molecule has 0 amide bonds. The Morgan fingerprint density at radius 1 is 1.25 bits per heavy atom. The minimum Gasteiger partial charge on any atom is -0.468 e. The predicted molar refractivity (Wildman–Crippen MR) is 80.5 cm³/mol. The summed E-state index contributed by atoms with van der Waals surface area (Å²) in [6.45, 7) is 0.116. The second-order valence-electron chi connectivity index (χ2n) is 4.18. The fourth-order valence-corrected chi connectivity index (χ4v) is 3.06. The van der Waals surface area contributed by atoms with Gasteiger partial charge >= 0.3 is 0 Å². The first kappa shape index (κ1) is 14.7. The zero-order valence-corrected chi connectivity index (χ0v) is 12.2. The van der Waals surface area contributed by atoms with Crippen molar-refractivity contribution >= 4 is 27.2 Å². The normalized spacial score (nSPS) is 11.4. The van der Waals surface area contributed by atoms with Gasteiger partial charge in [-0.2, -0.15) is 0 Å². The standard InChI is InChI=1S/C13H14N2O3S2/c14-13(19)12-6-2-1-4-10(12)9-20(16,17)15-8-11-5-3-7-18-11/h1-7,15H,8-9H2,(H2,14,19). The highest BCUT2D eigenvalue weighted by Gasteiger charge is 2.15. The van der Waals surface area contributed by atoms with Gasteiger partial charge < -0.3 is 10.2 Å². The van der Waals surface area contributed by atoms with Crippen LogP contribution < -0.4 is 10.5 Å². The molecule has 20 heavy (non-hydrogen) atoms. The van der Waals surface area contributed by atoms with E-state index in [9.17, 15) is 8.42 Å². The highest BCUT2D eigenvalue weighted by atomic mass is 32.2. The molecule has 3 N–H and O–H groups in total. The maximum atomic E-state index is 12.0. The van der Waals surface area contributed by atoms with Crippen LogP contribution in [-0.4, -0.2) is 13.4 Å². The van der Waals surface area contributed by atoms with Crippen molar-refractivity contribution in [3.05, 3.63) is 59.5 Å². The first-order valence-corrected chi connectivity index (χ1v) is 7.91. The molecule has 1 aromatic carbocycles. The van der Waals surface area contributed by atoms with E-state index in [0.29, 0.717) is 16.9 Å². The number of benzene rings is 1. The third-order valence-electron chi connectivity index (χ3n) is 2.67. The molecule has 0 bridgehead atoms. The van der Waals surface area contributed by atoms with Crippen molar-refractivity contribution < 1.29 is 12.8 Å². The molecule has 0 atom stereocenters. The van der Waals surface area contributed by atoms with Crippen LogP contribution in [0.15, 0.2) is 47.1 Å². The summed E-state index contributed by atoms with van der Waals surface area (Å²) in [5.74, 6) is 0.373. The molecule has 106 valence electrons. The molecule has 2 rings (SSSR count). The molecule has 7 heteroatoms. The molecule has 1 heterocycles. The summed E-state index contributed by atoms with van der Waals surface area (Å²) in [5, 5.41) is 0. The maximum Gasteiger partial charge on any atom is 0.216 e. The van der Waals surface area contributed by atoms with E-state index >= 15 is 0 Å². The molecule has 0 saturated carbocycles. The van der Waals surface area contributed by atoms with E-state index in [4.69, 9.17) is 22.4 Å². The molecule has 1 aromatic heterocycles. The molecular weight excluding hydrogens is 296 g/mol. The molecule has 0 spiro atoms. The number of furan rings is 1. The summed E-state index contributed by atoms with van der Waals surface area (Å²) in [5.41, 5.74) is 6.74. The van der Waals surface area contributed by atoms with Gasteiger partial charge in [-0.25, -0.2) is 13.1 Å². The van der Waals surface area contributed by atoms with Gasteiger partial charge in [0.1, 0.15) is 10.7 Å². The molecule has 0 fully saturated rings. The lowest BCUT2D eigenvalue weighted by atomic mass is 10.1. The van der Waals surface area contributed by atoms with Crippen molar-refractivity contribution in [1.82, 2.24) is 4.72 Å². The average molecular weight is 310 g/mol. The van der Waals surface area contributed by atoms with Crippen molar-refractivity contribution in [2.75, 3.05) is 0 Å². The van der Waals surface area contributed by atoms with Crippen molar-refractivity contribution in [3.8, 4) is 0 Å². The SMILES string of the molecule is NC(=S)c1ccccc1CS(=O)(=O)NCc1ccco1. The molecule has 0 aliphatic heterocycles. The van der Waals surface area contributed by atoms with E-state index < -0.39 is 10.0 Å². The lowest BCUT2D eigenvalue weighted by Gasteiger charge is -2.09. The molecule has 0 aliphatic carbocycles. The van der Waals surface area contributed by atoms with Crippen LogP contribution in [0, 0.1) is 0 Å². The van der Waals surface area contributed by atoms with Gasteiger partial charge in [-0.05, 0) is 17.7 Å². The summed E-state index contributed by atoms with van der Waals surface area (Å²) in [7, 11) is -3.49. The molecular formula is C13H14N2O3S2. The van der Waals surface area contributed by atoms with Crippen LogP contribution >= 0.6 is 12.2 Å². The minimum absolute atomic E-state index is 0.116. The lowest BCUT2D eigenvalue weighted by molar-refractivity contribution is 0.498. The van der Waals surface area contributed by atoms with Crippen LogP contribution in [0.2, 0.25) is 0 Å². The molecule has 0 aliphatic rings. The van der Waals surface area contributed by atoms with Crippen molar-refractivity contribution in [2.45, 2.75) is 12.3 Å². The molecule has 0 unspecified atom stereocenters. The number of nitrogens with one attached hydrogen (secondary N) is 1. The highest BCUT2D eigenvalue weighted by Crippen LogP contribution is 2.12. The van der Waals surface area contributed by atoms with Gasteiger partial charge in [-0.3, -0.25) is 0 Å². The summed E-state index contributed by atoms with van der Waals surface area (Å²) in [6.07, 6.45) is 1.49. The van der Waals surface area contributed by atoms with E-state index in [1.165, 1.54) is 6.26 Å². The minimum atomic E-state index is -3.49. The third kappa shape index (κ3) is 3.89. The van der Waals surface area contributed by atoms with Crippen molar-refractivity contribution in [2.24, 2.45) is 5.73 Å². The Morgan fingerprint density at radius 2 is 2.00 bits per heavy atom. The largest absolute Gasteiger partial charge is 0.468 e.